The number of fused-ring (bicyclic) bond motifs is 1. The summed E-state index contributed by atoms with van der Waals surface area (Å²) in [5.41, 5.74) is 0.609. The zero-order valence-electron chi connectivity index (χ0n) is 9.38. The van der Waals surface area contributed by atoms with Crippen molar-refractivity contribution in [1.82, 2.24) is 4.98 Å². The van der Waals surface area contributed by atoms with Crippen LogP contribution in [0, 0.1) is 0 Å². The van der Waals surface area contributed by atoms with Crippen molar-refractivity contribution in [2.45, 2.75) is 4.90 Å². The number of hydrogen-bond donors (Lipinski definition) is 0. The summed E-state index contributed by atoms with van der Waals surface area (Å²) in [4.78, 5) is 6.29. The van der Waals surface area contributed by atoms with Gasteiger partial charge < -0.3 is 4.90 Å². The minimum atomic E-state index is -3.74. The number of rotatable bonds is 2. The molecule has 0 radical (unpaired) electrons. The Morgan fingerprint density at radius 1 is 1.18 bits per heavy atom. The van der Waals surface area contributed by atoms with Gasteiger partial charge in [-0.05, 0) is 24.3 Å². The topological polar surface area (TPSA) is 50.3 Å². The van der Waals surface area contributed by atoms with Gasteiger partial charge in [-0.2, -0.15) is 0 Å². The van der Waals surface area contributed by atoms with Crippen LogP contribution in [0.2, 0.25) is 0 Å². The lowest BCUT2D eigenvalue weighted by molar-refractivity contribution is 0.610. The summed E-state index contributed by atoms with van der Waals surface area (Å²) >= 11 is 0. The molecule has 0 aliphatic heterocycles. The number of pyridine rings is 1. The predicted octanol–water partition coefficient (Wildman–Crippen LogP) is 2.23. The minimum absolute atomic E-state index is 0.0921. The Kier molecular flexibility index (Phi) is 2.97. The van der Waals surface area contributed by atoms with Gasteiger partial charge in [0.05, 0.1) is 10.4 Å². The second-order valence-electron chi connectivity index (χ2n) is 3.82. The Hall–Kier alpha value is -1.33. The van der Waals surface area contributed by atoms with Crippen LogP contribution in [-0.4, -0.2) is 27.5 Å². The van der Waals surface area contributed by atoms with Gasteiger partial charge in [0.1, 0.15) is 5.82 Å². The highest BCUT2D eigenvalue weighted by Crippen LogP contribution is 2.26. The first-order valence-electron chi connectivity index (χ1n) is 4.91. The van der Waals surface area contributed by atoms with E-state index in [2.05, 4.69) is 4.98 Å². The van der Waals surface area contributed by atoms with Crippen molar-refractivity contribution in [3.63, 3.8) is 0 Å². The maximum atomic E-state index is 11.4. The van der Waals surface area contributed by atoms with Crippen LogP contribution in [0.5, 0.6) is 0 Å². The second kappa shape index (κ2) is 4.16. The van der Waals surface area contributed by atoms with Crippen LogP contribution in [0.1, 0.15) is 0 Å². The first-order valence-corrected chi connectivity index (χ1v) is 7.22. The molecular weight excluding hydrogens is 260 g/mol. The van der Waals surface area contributed by atoms with E-state index < -0.39 is 9.05 Å². The van der Waals surface area contributed by atoms with Gasteiger partial charge in [-0.1, -0.05) is 6.07 Å². The Morgan fingerprint density at radius 2 is 1.88 bits per heavy atom. The van der Waals surface area contributed by atoms with E-state index in [1.165, 1.54) is 6.07 Å². The van der Waals surface area contributed by atoms with Crippen LogP contribution < -0.4 is 4.90 Å². The number of hydrogen-bond acceptors (Lipinski definition) is 4. The Morgan fingerprint density at radius 3 is 2.47 bits per heavy atom. The summed E-state index contributed by atoms with van der Waals surface area (Å²) in [5.74, 6) is 0.765. The van der Waals surface area contributed by atoms with Crippen molar-refractivity contribution in [3.05, 3.63) is 30.3 Å². The van der Waals surface area contributed by atoms with Crippen molar-refractivity contribution < 1.29 is 8.42 Å². The van der Waals surface area contributed by atoms with Gasteiger partial charge in [0, 0.05) is 30.2 Å². The molecule has 90 valence electrons. The molecule has 17 heavy (non-hydrogen) atoms. The maximum Gasteiger partial charge on any atom is 0.261 e. The summed E-state index contributed by atoms with van der Waals surface area (Å²) in [7, 11) is 5.37. The zero-order chi connectivity index (χ0) is 12.6. The standard InChI is InChI=1S/C11H11ClN2O2S/c1-14(2)11-7-6-8-9(13-11)4-3-5-10(8)17(12,15)16/h3-7H,1-2H3. The van der Waals surface area contributed by atoms with E-state index in [1.54, 1.807) is 24.3 Å². The van der Waals surface area contributed by atoms with Crippen LogP contribution in [-0.2, 0) is 9.05 Å². The lowest BCUT2D eigenvalue weighted by Crippen LogP contribution is -2.10. The molecule has 1 aromatic heterocycles. The number of anilines is 1. The van der Waals surface area contributed by atoms with E-state index in [4.69, 9.17) is 10.7 Å². The average Bonchev–Trinajstić information content (AvgIpc) is 2.26. The molecule has 6 heteroatoms. The predicted molar refractivity (Wildman–Crippen MR) is 69.1 cm³/mol. The Balaban J connectivity index is 2.76. The third kappa shape index (κ3) is 2.35. The molecule has 0 aliphatic rings. The lowest BCUT2D eigenvalue weighted by atomic mass is 10.2. The third-order valence-corrected chi connectivity index (χ3v) is 3.78. The van der Waals surface area contributed by atoms with Gasteiger partial charge in [0.15, 0.2) is 0 Å². The van der Waals surface area contributed by atoms with E-state index in [9.17, 15) is 8.42 Å². The monoisotopic (exact) mass is 270 g/mol. The molecule has 0 bridgehead atoms. The van der Waals surface area contributed by atoms with Crippen molar-refractivity contribution in [1.29, 1.82) is 0 Å². The number of nitrogens with zero attached hydrogens (tertiary/aromatic N) is 2. The zero-order valence-corrected chi connectivity index (χ0v) is 11.0. The summed E-state index contributed by atoms with van der Waals surface area (Å²) in [6, 6.07) is 8.33. The van der Waals surface area contributed by atoms with E-state index in [0.717, 1.165) is 5.82 Å². The first kappa shape index (κ1) is 12.1. The number of aromatic nitrogens is 1. The fourth-order valence-corrected chi connectivity index (χ4v) is 2.66. The molecule has 2 aromatic rings. The third-order valence-electron chi connectivity index (χ3n) is 2.40. The van der Waals surface area contributed by atoms with E-state index in [-0.39, 0.29) is 4.90 Å². The fraction of sp³-hybridized carbons (Fsp3) is 0.182. The van der Waals surface area contributed by atoms with Crippen molar-refractivity contribution in [2.24, 2.45) is 0 Å². The van der Waals surface area contributed by atoms with Crippen LogP contribution in [0.4, 0.5) is 5.82 Å². The molecule has 0 saturated heterocycles. The second-order valence-corrected chi connectivity index (χ2v) is 6.36. The molecule has 0 unspecified atom stereocenters. The average molecular weight is 271 g/mol. The highest BCUT2D eigenvalue weighted by atomic mass is 35.7. The molecule has 4 nitrogen and oxygen atoms in total. The van der Waals surface area contributed by atoms with Crippen LogP contribution in [0.15, 0.2) is 35.2 Å². The SMILES string of the molecule is CN(C)c1ccc2c(S(=O)(=O)Cl)cccc2n1. The summed E-state index contributed by atoms with van der Waals surface area (Å²) in [6.45, 7) is 0. The summed E-state index contributed by atoms with van der Waals surface area (Å²) in [5, 5.41) is 0.535. The highest BCUT2D eigenvalue weighted by molar-refractivity contribution is 8.14. The van der Waals surface area contributed by atoms with Crippen molar-refractivity contribution in [2.75, 3.05) is 19.0 Å². The van der Waals surface area contributed by atoms with Gasteiger partial charge >= 0.3 is 0 Å². The quantitative estimate of drug-likeness (QED) is 0.785. The Labute approximate surface area is 104 Å². The molecule has 0 saturated carbocycles. The highest BCUT2D eigenvalue weighted by Gasteiger charge is 2.14. The lowest BCUT2D eigenvalue weighted by Gasteiger charge is -2.12. The normalized spacial score (nSPS) is 11.7. The molecule has 2 rings (SSSR count). The van der Waals surface area contributed by atoms with Gasteiger partial charge in [0.25, 0.3) is 9.05 Å². The smallest absolute Gasteiger partial charge is 0.261 e. The number of benzene rings is 1. The molecule has 0 spiro atoms. The Bertz CT molecular complexity index is 668. The fourth-order valence-electron chi connectivity index (χ4n) is 1.58. The van der Waals surface area contributed by atoms with E-state index >= 15 is 0 Å². The molecule has 0 atom stereocenters. The summed E-state index contributed by atoms with van der Waals surface area (Å²) in [6.07, 6.45) is 0. The molecule has 0 aliphatic carbocycles. The number of halogens is 1. The van der Waals surface area contributed by atoms with E-state index in [1.807, 2.05) is 19.0 Å². The molecular formula is C11H11ClN2O2S. The van der Waals surface area contributed by atoms with E-state index in [0.29, 0.717) is 10.9 Å². The molecule has 1 aromatic carbocycles. The first-order chi connectivity index (χ1) is 7.89. The summed E-state index contributed by atoms with van der Waals surface area (Å²) < 4.78 is 22.8. The van der Waals surface area contributed by atoms with Gasteiger partial charge in [-0.3, -0.25) is 0 Å². The van der Waals surface area contributed by atoms with Crippen molar-refractivity contribution >= 4 is 36.5 Å². The van der Waals surface area contributed by atoms with Crippen LogP contribution in [0.25, 0.3) is 10.9 Å². The molecule has 0 fully saturated rings. The molecule has 0 N–H and O–H groups in total. The van der Waals surface area contributed by atoms with Crippen LogP contribution >= 0.6 is 10.7 Å². The van der Waals surface area contributed by atoms with Gasteiger partial charge in [0.2, 0.25) is 0 Å². The van der Waals surface area contributed by atoms with Gasteiger partial charge in [-0.25, -0.2) is 13.4 Å². The molecule has 0 amide bonds. The van der Waals surface area contributed by atoms with Crippen molar-refractivity contribution in [3.8, 4) is 0 Å². The minimum Gasteiger partial charge on any atom is -0.363 e. The van der Waals surface area contributed by atoms with Gasteiger partial charge in [-0.15, -0.1) is 0 Å². The van der Waals surface area contributed by atoms with Crippen LogP contribution in [0.3, 0.4) is 0 Å². The maximum absolute atomic E-state index is 11.4. The molecule has 1 heterocycles. The largest absolute Gasteiger partial charge is 0.363 e.